The first kappa shape index (κ1) is 22.4. The molecule has 0 saturated carbocycles. The molecule has 0 aromatic carbocycles. The Morgan fingerprint density at radius 1 is 1.38 bits per heavy atom. The van der Waals surface area contributed by atoms with Gasteiger partial charge in [0.15, 0.2) is 0 Å². The molecule has 1 rings (SSSR count). The van der Waals surface area contributed by atoms with E-state index in [-0.39, 0.29) is 17.9 Å². The van der Waals surface area contributed by atoms with Crippen molar-refractivity contribution < 1.29 is 14.1 Å². The van der Waals surface area contributed by atoms with E-state index in [1.54, 1.807) is 18.7 Å². The van der Waals surface area contributed by atoms with Gasteiger partial charge < -0.3 is 15.4 Å². The molecule has 1 heterocycles. The van der Waals surface area contributed by atoms with Crippen molar-refractivity contribution in [2.75, 3.05) is 23.2 Å². The van der Waals surface area contributed by atoms with Crippen LogP contribution in [0.4, 0.5) is 0 Å². The highest BCUT2D eigenvalue weighted by Gasteiger charge is 2.14. The number of carbonyl (C=O) groups excluding carboxylic acids is 1. The van der Waals surface area contributed by atoms with Gasteiger partial charge >= 0.3 is 5.69 Å². The van der Waals surface area contributed by atoms with Crippen molar-refractivity contribution in [3.05, 3.63) is 38.2 Å². The smallest absolute Gasteiger partial charge is 0.325 e. The first-order valence-electron chi connectivity index (χ1n) is 8.22. The summed E-state index contributed by atoms with van der Waals surface area (Å²) < 4.78 is 12.0. The highest BCUT2D eigenvalue weighted by molar-refractivity contribution is 8.10. The third kappa shape index (κ3) is 8.15. The molecule has 0 fully saturated rings. The minimum absolute atomic E-state index is 0.160. The minimum atomic E-state index is -1.15. The second-order valence-electron chi connectivity index (χ2n) is 5.65. The van der Waals surface area contributed by atoms with Gasteiger partial charge in [-0.3, -0.25) is 18.8 Å². The van der Waals surface area contributed by atoms with Gasteiger partial charge in [0, 0.05) is 28.3 Å². The van der Waals surface area contributed by atoms with Gasteiger partial charge in [0.25, 0.3) is 5.56 Å². The highest BCUT2D eigenvalue weighted by Crippen LogP contribution is 2.07. The zero-order valence-electron chi connectivity index (χ0n) is 14.9. The molecule has 26 heavy (non-hydrogen) atoms. The number of H-pyrrole nitrogens is 2. The highest BCUT2D eigenvalue weighted by atomic mass is 32.2. The van der Waals surface area contributed by atoms with Gasteiger partial charge in [0.2, 0.25) is 5.91 Å². The molecule has 0 bridgehead atoms. The topological polar surface area (TPSA) is 132 Å². The Morgan fingerprint density at radius 2 is 2.12 bits per heavy atom. The van der Waals surface area contributed by atoms with Gasteiger partial charge in [0.1, 0.15) is 0 Å². The summed E-state index contributed by atoms with van der Waals surface area (Å²) in [5.41, 5.74) is -0.712. The number of aliphatic hydroxyl groups is 1. The summed E-state index contributed by atoms with van der Waals surface area (Å²) in [6.07, 6.45) is 4.57. The van der Waals surface area contributed by atoms with E-state index in [1.165, 1.54) is 6.08 Å². The van der Waals surface area contributed by atoms with Crippen molar-refractivity contribution in [3.63, 3.8) is 0 Å². The van der Waals surface area contributed by atoms with Gasteiger partial charge in [-0.2, -0.15) is 0 Å². The van der Waals surface area contributed by atoms with Crippen LogP contribution < -0.4 is 16.6 Å². The Balaban J connectivity index is 2.58. The second kappa shape index (κ2) is 11.9. The Labute approximate surface area is 158 Å². The molecular formula is C16H25N3O5S2. The predicted molar refractivity (Wildman–Crippen MR) is 106 cm³/mol. The molecule has 1 aromatic rings. The molecule has 8 nitrogen and oxygen atoms in total. The number of amides is 1. The molecule has 2 atom stereocenters. The molecule has 0 radical (unpaired) electrons. The summed E-state index contributed by atoms with van der Waals surface area (Å²) in [4.78, 5) is 39.3. The molecule has 0 aliphatic rings. The van der Waals surface area contributed by atoms with E-state index in [9.17, 15) is 23.7 Å². The fourth-order valence-corrected chi connectivity index (χ4v) is 4.76. The monoisotopic (exact) mass is 403 g/mol. The number of aromatic nitrogens is 2. The Kier molecular flexibility index (Phi) is 10.2. The maximum absolute atomic E-state index is 12.0. The first-order chi connectivity index (χ1) is 12.4. The lowest BCUT2D eigenvalue weighted by Gasteiger charge is -2.14. The van der Waals surface area contributed by atoms with E-state index in [0.29, 0.717) is 10.8 Å². The molecule has 0 unspecified atom stereocenters. The van der Waals surface area contributed by atoms with Crippen molar-refractivity contribution in [1.82, 2.24) is 15.3 Å². The summed E-state index contributed by atoms with van der Waals surface area (Å²) in [5, 5.41) is 12.4. The fraction of sp³-hybridized carbons (Fsp3) is 0.562. The van der Waals surface area contributed by atoms with E-state index in [0.717, 1.165) is 24.7 Å². The van der Waals surface area contributed by atoms with E-state index >= 15 is 0 Å². The summed E-state index contributed by atoms with van der Waals surface area (Å²) >= 11 is 1.59. The molecular weight excluding hydrogens is 378 g/mol. The number of hydrogen-bond acceptors (Lipinski definition) is 6. The SMILES string of the molecule is CCCCSC[S@](=O)C[C@H](CO)NC(=O)/C=C/c1c(C)[nH]c(=O)[nH]c1=O. The van der Waals surface area contributed by atoms with Gasteiger partial charge in [-0.1, -0.05) is 13.3 Å². The summed E-state index contributed by atoms with van der Waals surface area (Å²) in [6, 6.07) is -0.630. The van der Waals surface area contributed by atoms with Crippen LogP contribution in [0.15, 0.2) is 15.7 Å². The number of carbonyl (C=O) groups is 1. The van der Waals surface area contributed by atoms with Crippen molar-refractivity contribution in [1.29, 1.82) is 0 Å². The lowest BCUT2D eigenvalue weighted by molar-refractivity contribution is -0.117. The minimum Gasteiger partial charge on any atom is -0.394 e. The van der Waals surface area contributed by atoms with Gasteiger partial charge in [-0.25, -0.2) is 4.79 Å². The predicted octanol–water partition coefficient (Wildman–Crippen LogP) is 0.101. The third-order valence-corrected chi connectivity index (χ3v) is 6.46. The van der Waals surface area contributed by atoms with Crippen LogP contribution in [-0.4, -0.2) is 54.4 Å². The second-order valence-corrected chi connectivity index (χ2v) is 8.63. The molecule has 1 amide bonds. The van der Waals surface area contributed by atoms with Crippen LogP contribution in [0.1, 0.15) is 31.0 Å². The number of aryl methyl sites for hydroxylation is 1. The van der Waals surface area contributed by atoms with Gasteiger partial charge in [-0.05, 0) is 25.2 Å². The van der Waals surface area contributed by atoms with Crippen molar-refractivity contribution in [2.24, 2.45) is 0 Å². The van der Waals surface area contributed by atoms with Crippen molar-refractivity contribution in [2.45, 2.75) is 32.7 Å². The Bertz CT molecular complexity index is 757. The molecule has 0 saturated heterocycles. The number of nitrogens with one attached hydrogen (secondary N) is 3. The Hall–Kier alpha value is -1.65. The summed E-state index contributed by atoms with van der Waals surface area (Å²) in [5.74, 6) is 0.575. The average Bonchev–Trinajstić information content (AvgIpc) is 2.57. The van der Waals surface area contributed by atoms with Crippen LogP contribution in [0, 0.1) is 6.92 Å². The first-order valence-corrected chi connectivity index (χ1v) is 10.9. The molecule has 0 aliphatic carbocycles. The molecule has 10 heteroatoms. The molecule has 1 aromatic heterocycles. The van der Waals surface area contributed by atoms with Crippen LogP contribution >= 0.6 is 11.8 Å². The van der Waals surface area contributed by atoms with Crippen LogP contribution in [-0.2, 0) is 15.6 Å². The van der Waals surface area contributed by atoms with E-state index in [2.05, 4.69) is 22.2 Å². The zero-order valence-corrected chi connectivity index (χ0v) is 16.5. The number of thioether (sulfide) groups is 1. The maximum Gasteiger partial charge on any atom is 0.325 e. The fourth-order valence-electron chi connectivity index (χ4n) is 2.03. The molecule has 0 aliphatic heterocycles. The van der Waals surface area contributed by atoms with Crippen molar-refractivity contribution in [3.8, 4) is 0 Å². The van der Waals surface area contributed by atoms with Crippen LogP contribution in [0.2, 0.25) is 0 Å². The van der Waals surface area contributed by atoms with Crippen LogP contribution in [0.3, 0.4) is 0 Å². The number of unbranched alkanes of at least 4 members (excludes halogenated alkanes) is 1. The number of aromatic amines is 2. The molecule has 4 N–H and O–H groups in total. The van der Waals surface area contributed by atoms with Gasteiger partial charge in [0.05, 0.1) is 23.3 Å². The zero-order chi connectivity index (χ0) is 19.5. The van der Waals surface area contributed by atoms with Gasteiger partial charge in [-0.15, -0.1) is 11.8 Å². The lowest BCUT2D eigenvalue weighted by Crippen LogP contribution is -2.40. The maximum atomic E-state index is 12.0. The van der Waals surface area contributed by atoms with Crippen molar-refractivity contribution >= 4 is 34.5 Å². The summed E-state index contributed by atoms with van der Waals surface area (Å²) in [6.45, 7) is 3.30. The van der Waals surface area contributed by atoms with E-state index < -0.39 is 34.0 Å². The average molecular weight is 404 g/mol. The largest absolute Gasteiger partial charge is 0.394 e. The standard InChI is InChI=1S/C16H25N3O5S2/c1-3-4-7-25-10-26(24)9-12(8-20)18-14(21)6-5-13-11(2)17-16(23)19-15(13)22/h5-6,12,20H,3-4,7-10H2,1-2H3,(H,18,21)(H2,17,19,22,23)/b6-5+/t12-,26+/m0/s1. The summed E-state index contributed by atoms with van der Waals surface area (Å²) in [7, 11) is -1.15. The number of aliphatic hydroxyl groups excluding tert-OH is 1. The van der Waals surface area contributed by atoms with Crippen LogP contribution in [0.25, 0.3) is 6.08 Å². The Morgan fingerprint density at radius 3 is 2.73 bits per heavy atom. The molecule has 146 valence electrons. The van der Waals surface area contributed by atoms with E-state index in [1.807, 2.05) is 0 Å². The number of rotatable bonds is 11. The third-order valence-electron chi connectivity index (χ3n) is 3.39. The number of hydrogen-bond donors (Lipinski definition) is 4. The normalized spacial score (nSPS) is 13.7. The quantitative estimate of drug-likeness (QED) is 0.306. The van der Waals surface area contributed by atoms with Crippen LogP contribution in [0.5, 0.6) is 0 Å². The lowest BCUT2D eigenvalue weighted by atomic mass is 10.2. The molecule has 0 spiro atoms. The van der Waals surface area contributed by atoms with E-state index in [4.69, 9.17) is 0 Å².